The van der Waals surface area contributed by atoms with Gasteiger partial charge in [0.05, 0.1) is 12.0 Å². The van der Waals surface area contributed by atoms with Gasteiger partial charge in [-0.15, -0.1) is 0 Å². The Kier molecular flexibility index (Phi) is 3.37. The van der Waals surface area contributed by atoms with Crippen molar-refractivity contribution in [2.24, 2.45) is 0 Å². The van der Waals surface area contributed by atoms with Gasteiger partial charge in [-0.2, -0.15) is 4.98 Å². The average molecular weight is 299 g/mol. The Balaban J connectivity index is 2.30. The van der Waals surface area contributed by atoms with Crippen LogP contribution in [-0.4, -0.2) is 19.7 Å². The lowest BCUT2D eigenvalue weighted by Crippen LogP contribution is -2.22. The number of aromatic nitrogens is 4. The maximum absolute atomic E-state index is 11.9. The van der Waals surface area contributed by atoms with E-state index in [-0.39, 0.29) is 12.1 Å². The molecule has 0 aliphatic carbocycles. The molecule has 0 fully saturated rings. The highest BCUT2D eigenvalue weighted by Crippen LogP contribution is 2.07. The molecule has 0 saturated heterocycles. The van der Waals surface area contributed by atoms with Crippen LogP contribution in [0.15, 0.2) is 20.1 Å². The monoisotopic (exact) mass is 298 g/mol. The third-order valence-corrected chi connectivity index (χ3v) is 3.20. The standard InChI is InChI=1S/C10H11BrN4O2/c1-3-7-13-8(17-14-7)4-15-5-12-6(2)9(11)10(15)16/h5H,3-4H2,1-2H3. The summed E-state index contributed by atoms with van der Waals surface area (Å²) in [5, 5.41) is 3.77. The lowest BCUT2D eigenvalue weighted by atomic mass is 10.4. The van der Waals surface area contributed by atoms with Crippen LogP contribution in [0, 0.1) is 6.92 Å². The van der Waals surface area contributed by atoms with E-state index < -0.39 is 0 Å². The fourth-order valence-corrected chi connectivity index (χ4v) is 1.63. The first-order valence-corrected chi connectivity index (χ1v) is 5.94. The van der Waals surface area contributed by atoms with Crippen LogP contribution >= 0.6 is 15.9 Å². The third-order valence-electron chi connectivity index (χ3n) is 2.29. The lowest BCUT2D eigenvalue weighted by Gasteiger charge is -2.03. The molecule has 0 saturated carbocycles. The van der Waals surface area contributed by atoms with Gasteiger partial charge >= 0.3 is 0 Å². The van der Waals surface area contributed by atoms with Crippen LogP contribution in [0.2, 0.25) is 0 Å². The highest BCUT2D eigenvalue weighted by Gasteiger charge is 2.09. The second kappa shape index (κ2) is 4.79. The summed E-state index contributed by atoms with van der Waals surface area (Å²) in [7, 11) is 0. The van der Waals surface area contributed by atoms with Gasteiger partial charge in [0.1, 0.15) is 11.0 Å². The number of hydrogen-bond acceptors (Lipinski definition) is 5. The zero-order chi connectivity index (χ0) is 12.4. The van der Waals surface area contributed by atoms with Crippen molar-refractivity contribution < 1.29 is 4.52 Å². The van der Waals surface area contributed by atoms with Gasteiger partial charge in [0, 0.05) is 6.42 Å². The van der Waals surface area contributed by atoms with Crippen LogP contribution in [0.4, 0.5) is 0 Å². The van der Waals surface area contributed by atoms with E-state index in [2.05, 4.69) is 31.1 Å². The molecule has 2 rings (SSSR count). The third kappa shape index (κ3) is 2.44. The summed E-state index contributed by atoms with van der Waals surface area (Å²) in [6.07, 6.45) is 2.17. The molecule has 0 amide bonds. The van der Waals surface area contributed by atoms with E-state index in [0.29, 0.717) is 28.3 Å². The zero-order valence-electron chi connectivity index (χ0n) is 9.47. The average Bonchev–Trinajstić information content (AvgIpc) is 2.78. The molecule has 2 aromatic heterocycles. The van der Waals surface area contributed by atoms with E-state index in [1.54, 1.807) is 6.92 Å². The van der Waals surface area contributed by atoms with Gasteiger partial charge in [-0.3, -0.25) is 9.36 Å². The molecule has 2 aromatic rings. The molecule has 7 heteroatoms. The van der Waals surface area contributed by atoms with Crippen molar-refractivity contribution >= 4 is 15.9 Å². The van der Waals surface area contributed by atoms with Gasteiger partial charge in [0.15, 0.2) is 5.82 Å². The van der Waals surface area contributed by atoms with Crippen molar-refractivity contribution in [2.75, 3.05) is 0 Å². The normalized spacial score (nSPS) is 10.8. The Morgan fingerprint density at radius 3 is 2.94 bits per heavy atom. The number of hydrogen-bond donors (Lipinski definition) is 0. The minimum atomic E-state index is -0.159. The first-order valence-electron chi connectivity index (χ1n) is 5.14. The van der Waals surface area contributed by atoms with Crippen LogP contribution < -0.4 is 5.56 Å². The molecule has 0 unspecified atom stereocenters. The van der Waals surface area contributed by atoms with E-state index >= 15 is 0 Å². The Bertz CT molecular complexity index is 590. The van der Waals surface area contributed by atoms with Gasteiger partial charge in [-0.05, 0) is 22.9 Å². The molecule has 0 aliphatic heterocycles. The Morgan fingerprint density at radius 1 is 1.53 bits per heavy atom. The minimum absolute atomic E-state index is 0.159. The molecule has 0 aromatic carbocycles. The second-order valence-electron chi connectivity index (χ2n) is 3.53. The van der Waals surface area contributed by atoms with Crippen molar-refractivity contribution in [3.8, 4) is 0 Å². The van der Waals surface area contributed by atoms with E-state index in [9.17, 15) is 4.79 Å². The summed E-state index contributed by atoms with van der Waals surface area (Å²) in [4.78, 5) is 20.1. The highest BCUT2D eigenvalue weighted by molar-refractivity contribution is 9.10. The van der Waals surface area contributed by atoms with E-state index in [0.717, 1.165) is 0 Å². The van der Waals surface area contributed by atoms with Crippen molar-refractivity contribution in [1.29, 1.82) is 0 Å². The van der Waals surface area contributed by atoms with E-state index in [1.807, 2.05) is 6.92 Å². The van der Waals surface area contributed by atoms with Crippen LogP contribution in [0.3, 0.4) is 0 Å². The van der Waals surface area contributed by atoms with Crippen LogP contribution in [0.5, 0.6) is 0 Å². The molecular weight excluding hydrogens is 288 g/mol. The van der Waals surface area contributed by atoms with Crippen LogP contribution in [-0.2, 0) is 13.0 Å². The smallest absolute Gasteiger partial charge is 0.268 e. The maximum Gasteiger partial charge on any atom is 0.268 e. The predicted octanol–water partition coefficient (Wildman–Crippen LogP) is 1.31. The van der Waals surface area contributed by atoms with Gasteiger partial charge in [0.25, 0.3) is 5.56 Å². The fraction of sp³-hybridized carbons (Fsp3) is 0.400. The molecule has 90 valence electrons. The topological polar surface area (TPSA) is 73.8 Å². The molecule has 6 nitrogen and oxygen atoms in total. The summed E-state index contributed by atoms with van der Waals surface area (Å²) in [5.74, 6) is 1.04. The lowest BCUT2D eigenvalue weighted by molar-refractivity contribution is 0.364. The highest BCUT2D eigenvalue weighted by atomic mass is 79.9. The summed E-state index contributed by atoms with van der Waals surface area (Å²) in [6, 6.07) is 0. The summed E-state index contributed by atoms with van der Waals surface area (Å²) < 4.78 is 6.90. The first kappa shape index (κ1) is 12.0. The minimum Gasteiger partial charge on any atom is -0.337 e. The second-order valence-corrected chi connectivity index (χ2v) is 4.33. The van der Waals surface area contributed by atoms with Gasteiger partial charge < -0.3 is 4.52 Å². The Hall–Kier alpha value is -1.50. The summed E-state index contributed by atoms with van der Waals surface area (Å²) in [5.41, 5.74) is 0.500. The summed E-state index contributed by atoms with van der Waals surface area (Å²) in [6.45, 7) is 3.93. The van der Waals surface area contributed by atoms with Gasteiger partial charge in [-0.25, -0.2) is 4.98 Å². The van der Waals surface area contributed by atoms with Crippen molar-refractivity contribution in [2.45, 2.75) is 26.8 Å². The van der Waals surface area contributed by atoms with E-state index in [1.165, 1.54) is 10.9 Å². The largest absolute Gasteiger partial charge is 0.337 e. The Labute approximate surface area is 106 Å². The van der Waals surface area contributed by atoms with Crippen LogP contribution in [0.1, 0.15) is 24.3 Å². The Morgan fingerprint density at radius 2 is 2.29 bits per heavy atom. The fourth-order valence-electron chi connectivity index (χ4n) is 1.30. The molecule has 0 atom stereocenters. The van der Waals surface area contributed by atoms with Gasteiger partial charge in [0.2, 0.25) is 5.89 Å². The summed E-state index contributed by atoms with van der Waals surface area (Å²) >= 11 is 3.20. The molecule has 0 bridgehead atoms. The van der Waals surface area contributed by atoms with Gasteiger partial charge in [-0.1, -0.05) is 12.1 Å². The molecule has 0 aliphatic rings. The number of halogens is 1. The SMILES string of the molecule is CCc1noc(Cn2cnc(C)c(Br)c2=O)n1. The van der Waals surface area contributed by atoms with Crippen molar-refractivity contribution in [3.05, 3.63) is 38.6 Å². The molecule has 2 heterocycles. The van der Waals surface area contributed by atoms with Crippen LogP contribution in [0.25, 0.3) is 0 Å². The quantitative estimate of drug-likeness (QED) is 0.854. The number of nitrogens with zero attached hydrogens (tertiary/aromatic N) is 4. The predicted molar refractivity (Wildman–Crippen MR) is 63.7 cm³/mol. The first-order chi connectivity index (χ1) is 8.11. The molecule has 0 spiro atoms. The number of rotatable bonds is 3. The van der Waals surface area contributed by atoms with Crippen molar-refractivity contribution in [1.82, 2.24) is 19.7 Å². The molecule has 0 radical (unpaired) electrons. The van der Waals surface area contributed by atoms with Crippen molar-refractivity contribution in [3.63, 3.8) is 0 Å². The number of aryl methyl sites for hydroxylation is 2. The maximum atomic E-state index is 11.9. The molecule has 17 heavy (non-hydrogen) atoms. The molecular formula is C10H11BrN4O2. The van der Waals surface area contributed by atoms with E-state index in [4.69, 9.17) is 4.52 Å². The molecule has 0 N–H and O–H groups in total. The zero-order valence-corrected chi connectivity index (χ0v) is 11.1.